The van der Waals surface area contributed by atoms with Crippen molar-refractivity contribution in [2.75, 3.05) is 145 Å². The monoisotopic (exact) mass is 881 g/mol. The molecule has 0 saturated carbocycles. The van der Waals surface area contributed by atoms with E-state index in [1.54, 1.807) is 0 Å². The first-order valence-electron chi connectivity index (χ1n) is 23.7. The lowest BCUT2D eigenvalue weighted by molar-refractivity contribution is -0.0674. The largest absolute Gasteiger partial charge is 0.381 e. The maximum Gasteiger partial charge on any atom is 0.104 e. The molecule has 0 amide bonds. The fourth-order valence-corrected chi connectivity index (χ4v) is 5.25. The Morgan fingerprint density at radius 2 is 0.918 bits per heavy atom. The molecule has 61 heavy (non-hydrogen) atoms. The Balaban J connectivity index is 0.000000374. The molecule has 4 fully saturated rings. The Labute approximate surface area is 371 Å². The number of ether oxygens (including phenoxy) is 14. The van der Waals surface area contributed by atoms with Gasteiger partial charge in [-0.3, -0.25) is 0 Å². The average Bonchev–Trinajstić information content (AvgIpc) is 3.98. The van der Waals surface area contributed by atoms with Gasteiger partial charge in [-0.25, -0.2) is 0 Å². The minimum Gasteiger partial charge on any atom is -0.381 e. The van der Waals surface area contributed by atoms with Crippen molar-refractivity contribution in [2.24, 2.45) is 23.2 Å². The molecule has 0 radical (unpaired) electrons. The fraction of sp³-hybridized carbons (Fsp3) is 1.00. The van der Waals surface area contributed by atoms with E-state index in [-0.39, 0.29) is 11.5 Å². The molecule has 0 spiro atoms. The van der Waals surface area contributed by atoms with Gasteiger partial charge < -0.3 is 66.3 Å². The van der Waals surface area contributed by atoms with Gasteiger partial charge in [-0.1, -0.05) is 48.5 Å². The Morgan fingerprint density at radius 1 is 0.443 bits per heavy atom. The summed E-state index contributed by atoms with van der Waals surface area (Å²) in [5, 5.41) is 0. The van der Waals surface area contributed by atoms with Crippen LogP contribution in [0.15, 0.2) is 0 Å². The molecule has 14 heteroatoms. The molecular formula is C47H92O14. The van der Waals surface area contributed by atoms with Gasteiger partial charge in [0.05, 0.1) is 97.6 Å². The molecule has 0 aromatic carbocycles. The van der Waals surface area contributed by atoms with Crippen LogP contribution < -0.4 is 0 Å². The normalized spacial score (nSPS) is 21.2. The van der Waals surface area contributed by atoms with Gasteiger partial charge in [0.15, 0.2) is 0 Å². The topological polar surface area (TPSA) is 142 Å². The Kier molecular flexibility index (Phi) is 34.0. The zero-order valence-corrected chi connectivity index (χ0v) is 40.2. The zero-order valence-electron chi connectivity index (χ0n) is 40.2. The highest BCUT2D eigenvalue weighted by atomic mass is 16.6. The van der Waals surface area contributed by atoms with Gasteiger partial charge in [0.1, 0.15) is 18.3 Å². The summed E-state index contributed by atoms with van der Waals surface area (Å²) in [6.07, 6.45) is 7.57. The maximum absolute atomic E-state index is 6.00. The van der Waals surface area contributed by atoms with E-state index in [1.807, 2.05) is 13.8 Å². The van der Waals surface area contributed by atoms with Crippen molar-refractivity contribution in [1.82, 2.24) is 0 Å². The van der Waals surface area contributed by atoms with Crippen LogP contribution in [-0.4, -0.2) is 182 Å². The highest BCUT2D eigenvalue weighted by Crippen LogP contribution is 2.18. The maximum atomic E-state index is 6.00. The highest BCUT2D eigenvalue weighted by Gasteiger charge is 2.26. The summed E-state index contributed by atoms with van der Waals surface area (Å²) >= 11 is 0. The minimum absolute atomic E-state index is 0.0698. The van der Waals surface area contributed by atoms with Crippen LogP contribution in [0.25, 0.3) is 0 Å². The molecule has 4 aliphatic heterocycles. The van der Waals surface area contributed by atoms with Crippen LogP contribution in [0, 0.1) is 23.2 Å². The summed E-state index contributed by atoms with van der Waals surface area (Å²) in [6.45, 7) is 35.7. The molecule has 14 nitrogen and oxygen atoms in total. The standard InChI is InChI=1S/C25H48O8.C12H24O3.C10H20O3/c1-22(2)6-15-26-9-3-12-29-18-25(31-14-5-11-28-17-8-24-21-33-24)19-30-13-4-10-27-16-7-23-20-32-23;1-10(2)5-13-8-12(3,4)9-14-6-11-7-15-11;1-8(2)12-5-9(3)4-11-6-10-7-13-10/h22-25H,3-21H2,1-2H3;10-11H,5-9H2,1-4H3;8-10H,4-7H2,1-3H3. The summed E-state index contributed by atoms with van der Waals surface area (Å²) in [5.74, 6) is 1.75. The van der Waals surface area contributed by atoms with Crippen molar-refractivity contribution in [3.05, 3.63) is 0 Å². The second kappa shape index (κ2) is 36.6. The van der Waals surface area contributed by atoms with Gasteiger partial charge in [-0.05, 0) is 64.2 Å². The second-order valence-electron chi connectivity index (χ2n) is 18.7. The predicted molar refractivity (Wildman–Crippen MR) is 237 cm³/mol. The molecule has 0 aliphatic carbocycles. The van der Waals surface area contributed by atoms with Gasteiger partial charge in [0.2, 0.25) is 0 Å². The molecule has 0 N–H and O–H groups in total. The average molecular weight is 881 g/mol. The highest BCUT2D eigenvalue weighted by molar-refractivity contribution is 4.72. The van der Waals surface area contributed by atoms with Crippen molar-refractivity contribution < 1.29 is 66.3 Å². The third-order valence-corrected chi connectivity index (χ3v) is 9.33. The molecule has 364 valence electrons. The number of epoxide rings is 4. The molecule has 4 rings (SSSR count). The van der Waals surface area contributed by atoms with E-state index >= 15 is 0 Å². The van der Waals surface area contributed by atoms with E-state index in [0.717, 1.165) is 144 Å². The van der Waals surface area contributed by atoms with Crippen LogP contribution in [0.5, 0.6) is 0 Å². The summed E-state index contributed by atoms with van der Waals surface area (Å²) in [5.41, 5.74) is 0.101. The molecule has 4 aliphatic rings. The third kappa shape index (κ3) is 41.9. The summed E-state index contributed by atoms with van der Waals surface area (Å²) < 4.78 is 77.1. The lowest BCUT2D eigenvalue weighted by Crippen LogP contribution is -2.27. The zero-order chi connectivity index (χ0) is 44.4. The van der Waals surface area contributed by atoms with E-state index in [2.05, 4.69) is 48.5 Å². The third-order valence-electron chi connectivity index (χ3n) is 9.33. The van der Waals surface area contributed by atoms with Crippen molar-refractivity contribution in [1.29, 1.82) is 0 Å². The molecule has 4 saturated heterocycles. The lowest BCUT2D eigenvalue weighted by atomic mass is 9.96. The van der Waals surface area contributed by atoms with E-state index in [4.69, 9.17) is 66.3 Å². The van der Waals surface area contributed by atoms with Crippen molar-refractivity contribution in [3.63, 3.8) is 0 Å². The van der Waals surface area contributed by atoms with Crippen molar-refractivity contribution in [2.45, 2.75) is 137 Å². The summed E-state index contributed by atoms with van der Waals surface area (Å²) in [4.78, 5) is 0. The van der Waals surface area contributed by atoms with Crippen LogP contribution in [0.4, 0.5) is 0 Å². The van der Waals surface area contributed by atoms with Crippen molar-refractivity contribution in [3.8, 4) is 0 Å². The van der Waals surface area contributed by atoms with Crippen molar-refractivity contribution >= 4 is 0 Å². The molecule has 4 heterocycles. The molecule has 6 unspecified atom stereocenters. The predicted octanol–water partition coefficient (Wildman–Crippen LogP) is 6.81. The van der Waals surface area contributed by atoms with Gasteiger partial charge >= 0.3 is 0 Å². The molecule has 0 aromatic rings. The Morgan fingerprint density at radius 3 is 1.41 bits per heavy atom. The first kappa shape index (κ1) is 56.6. The Hall–Kier alpha value is -0.560. The first-order valence-corrected chi connectivity index (χ1v) is 23.7. The smallest absolute Gasteiger partial charge is 0.104 e. The minimum atomic E-state index is -0.0698. The summed E-state index contributed by atoms with van der Waals surface area (Å²) in [7, 11) is 0. The van der Waals surface area contributed by atoms with E-state index < -0.39 is 0 Å². The van der Waals surface area contributed by atoms with Gasteiger partial charge in [0, 0.05) is 77.4 Å². The Bertz CT molecular complexity index is 928. The van der Waals surface area contributed by atoms with E-state index in [0.29, 0.717) is 87.9 Å². The van der Waals surface area contributed by atoms with Crippen LogP contribution >= 0.6 is 0 Å². The molecule has 0 aromatic heterocycles. The molecular weight excluding hydrogens is 789 g/mol. The molecule has 0 bridgehead atoms. The van der Waals surface area contributed by atoms with Crippen LogP contribution in [0.2, 0.25) is 0 Å². The molecule has 6 atom stereocenters. The lowest BCUT2D eigenvalue weighted by Gasteiger charge is -2.24. The quantitative estimate of drug-likeness (QED) is 0.0469. The fourth-order valence-electron chi connectivity index (χ4n) is 5.25. The second-order valence-corrected chi connectivity index (χ2v) is 18.7. The van der Waals surface area contributed by atoms with Gasteiger partial charge in [-0.15, -0.1) is 0 Å². The number of hydrogen-bond acceptors (Lipinski definition) is 14. The summed E-state index contributed by atoms with van der Waals surface area (Å²) in [6, 6.07) is 0. The van der Waals surface area contributed by atoms with E-state index in [1.165, 1.54) is 0 Å². The van der Waals surface area contributed by atoms with Gasteiger partial charge in [0.25, 0.3) is 0 Å². The van der Waals surface area contributed by atoms with E-state index in [9.17, 15) is 0 Å². The van der Waals surface area contributed by atoms with Gasteiger partial charge in [-0.2, -0.15) is 0 Å². The SMILES string of the molecule is CC(C)CCOCCCOCC(COCCCOCCC1CO1)OCCCOCCC1CO1.CC(C)COCC(C)(C)COCC1CO1.CC(COCC1CO1)COC(C)C. The first-order chi connectivity index (χ1) is 29.4. The van der Waals surface area contributed by atoms with Crippen LogP contribution in [0.1, 0.15) is 101 Å². The van der Waals surface area contributed by atoms with Crippen LogP contribution in [-0.2, 0) is 66.3 Å². The number of hydrogen-bond donors (Lipinski definition) is 0. The van der Waals surface area contributed by atoms with Crippen LogP contribution in [0.3, 0.4) is 0 Å². The number of rotatable bonds is 41.